The van der Waals surface area contributed by atoms with Crippen LogP contribution in [0.5, 0.6) is 11.5 Å². The standard InChI is InChI=1S/C22H22N2O8/c1-7-8-5-4-6-9(25)11(8)16(26)12-10(7)20(32-22(12)31)13-15(24(2)3)17(27)14(21(23)30)19(29)18(13)28/h4-6,13,15,18,20,25-26,28-29H,1-3H3,(H2,23,30)/t13?,15-,18-,20?/m0/s1. The summed E-state index contributed by atoms with van der Waals surface area (Å²) in [6, 6.07) is 3.40. The van der Waals surface area contributed by atoms with Crippen molar-refractivity contribution in [3.05, 3.63) is 46.2 Å². The third kappa shape index (κ3) is 2.76. The van der Waals surface area contributed by atoms with Crippen LogP contribution in [0.3, 0.4) is 0 Å². The van der Waals surface area contributed by atoms with Crippen LogP contribution >= 0.6 is 0 Å². The van der Waals surface area contributed by atoms with Crippen LogP contribution in [-0.2, 0) is 14.3 Å². The number of primary amides is 1. The first kappa shape index (κ1) is 21.6. The minimum absolute atomic E-state index is 0.0736. The summed E-state index contributed by atoms with van der Waals surface area (Å²) < 4.78 is 5.52. The van der Waals surface area contributed by atoms with Gasteiger partial charge in [-0.3, -0.25) is 14.5 Å². The molecule has 2 aliphatic rings. The summed E-state index contributed by atoms with van der Waals surface area (Å²) in [5, 5.41) is 42.9. The number of carbonyl (C=O) groups is 3. The van der Waals surface area contributed by atoms with Crippen LogP contribution in [0, 0.1) is 12.8 Å². The molecule has 6 N–H and O–H groups in total. The van der Waals surface area contributed by atoms with E-state index in [1.54, 1.807) is 19.1 Å². The molecular weight excluding hydrogens is 420 g/mol. The molecule has 1 heterocycles. The Labute approximate surface area is 182 Å². The number of hydrogen-bond donors (Lipinski definition) is 5. The molecule has 2 aromatic carbocycles. The molecular formula is C22H22N2O8. The van der Waals surface area contributed by atoms with Gasteiger partial charge in [-0.25, -0.2) is 4.79 Å². The molecule has 0 saturated heterocycles. The second-order valence-corrected chi connectivity index (χ2v) is 8.21. The number of aliphatic hydroxyl groups excluding tert-OH is 2. The number of aryl methyl sites for hydroxylation is 1. The lowest BCUT2D eigenvalue weighted by Gasteiger charge is -2.40. The van der Waals surface area contributed by atoms with Crippen molar-refractivity contribution in [2.24, 2.45) is 11.7 Å². The van der Waals surface area contributed by atoms with Crippen molar-refractivity contribution in [2.75, 3.05) is 14.1 Å². The number of fused-ring (bicyclic) bond motifs is 2. The Balaban J connectivity index is 1.99. The van der Waals surface area contributed by atoms with E-state index in [2.05, 4.69) is 0 Å². The van der Waals surface area contributed by atoms with Crippen molar-refractivity contribution in [3.63, 3.8) is 0 Å². The normalized spacial score (nSPS) is 25.4. The molecule has 0 aromatic heterocycles. The first-order chi connectivity index (χ1) is 15.0. The summed E-state index contributed by atoms with van der Waals surface area (Å²) in [5.74, 6) is -5.73. The Kier molecular flexibility index (Phi) is 4.87. The van der Waals surface area contributed by atoms with E-state index < -0.39 is 58.9 Å². The summed E-state index contributed by atoms with van der Waals surface area (Å²) in [5.41, 5.74) is 5.05. The number of aromatic hydroxyl groups is 2. The number of Topliss-reactive ketones (excluding diaryl/α,β-unsaturated/α-hetero) is 1. The zero-order valence-corrected chi connectivity index (χ0v) is 17.5. The van der Waals surface area contributed by atoms with Crippen LogP contribution in [0.15, 0.2) is 29.5 Å². The number of rotatable bonds is 3. The zero-order chi connectivity index (χ0) is 23.6. The molecule has 4 rings (SSSR count). The number of ketones is 1. The zero-order valence-electron chi connectivity index (χ0n) is 17.5. The van der Waals surface area contributed by atoms with E-state index in [-0.39, 0.29) is 22.3 Å². The van der Waals surface area contributed by atoms with Gasteiger partial charge in [0.25, 0.3) is 5.91 Å². The quantitative estimate of drug-likeness (QED) is 0.336. The molecule has 32 heavy (non-hydrogen) atoms. The van der Waals surface area contributed by atoms with Gasteiger partial charge in [-0.2, -0.15) is 0 Å². The SMILES string of the molecule is Cc1c2c(c(O)c3c(O)cccc13)C(=O)OC2C1[C@H](O)C(O)=C(C(N)=O)C(=O)[C@H]1N(C)C. The molecule has 10 heteroatoms. The number of amides is 1. The lowest BCUT2D eigenvalue weighted by molar-refractivity contribution is -0.133. The predicted octanol–water partition coefficient (Wildman–Crippen LogP) is 0.558. The average molecular weight is 442 g/mol. The van der Waals surface area contributed by atoms with Crippen molar-refractivity contribution in [3.8, 4) is 11.5 Å². The molecule has 1 aliphatic heterocycles. The van der Waals surface area contributed by atoms with Crippen molar-refractivity contribution in [1.82, 2.24) is 4.90 Å². The van der Waals surface area contributed by atoms with E-state index in [1.807, 2.05) is 0 Å². The van der Waals surface area contributed by atoms with E-state index in [4.69, 9.17) is 10.5 Å². The monoisotopic (exact) mass is 442 g/mol. The van der Waals surface area contributed by atoms with Crippen LogP contribution in [0.25, 0.3) is 10.8 Å². The number of carbonyl (C=O) groups excluding carboxylic acids is 3. The van der Waals surface area contributed by atoms with Gasteiger partial charge < -0.3 is 30.9 Å². The molecule has 0 saturated carbocycles. The van der Waals surface area contributed by atoms with Gasteiger partial charge in [-0.1, -0.05) is 12.1 Å². The van der Waals surface area contributed by atoms with Crippen LogP contribution in [-0.4, -0.2) is 69.2 Å². The average Bonchev–Trinajstić information content (AvgIpc) is 3.05. The third-order valence-corrected chi connectivity index (χ3v) is 6.25. The number of nitrogens with zero attached hydrogens (tertiary/aromatic N) is 1. The number of likely N-dealkylation sites (N-methyl/N-ethyl adjacent to an activating group) is 1. The molecule has 2 aromatic rings. The lowest BCUT2D eigenvalue weighted by Crippen LogP contribution is -2.55. The number of esters is 1. The fourth-order valence-corrected chi connectivity index (χ4v) is 4.86. The molecule has 10 nitrogen and oxygen atoms in total. The summed E-state index contributed by atoms with van der Waals surface area (Å²) in [7, 11) is 3.06. The minimum Gasteiger partial charge on any atom is -0.509 e. The highest BCUT2D eigenvalue weighted by molar-refractivity contribution is 6.22. The molecule has 168 valence electrons. The van der Waals surface area contributed by atoms with Gasteiger partial charge >= 0.3 is 5.97 Å². The second kappa shape index (κ2) is 7.21. The summed E-state index contributed by atoms with van der Waals surface area (Å²) in [6.07, 6.45) is -2.99. The number of phenolic OH excluding ortho intramolecular Hbond substituents is 2. The molecule has 0 spiro atoms. The van der Waals surface area contributed by atoms with Gasteiger partial charge in [0.05, 0.1) is 17.3 Å². The van der Waals surface area contributed by atoms with Gasteiger partial charge in [0.1, 0.15) is 40.6 Å². The minimum atomic E-state index is -1.76. The number of benzene rings is 2. The van der Waals surface area contributed by atoms with Crippen molar-refractivity contribution < 1.29 is 39.5 Å². The van der Waals surface area contributed by atoms with Gasteiger partial charge in [0.15, 0.2) is 5.78 Å². The summed E-state index contributed by atoms with van der Waals surface area (Å²) in [6.45, 7) is 1.65. The third-order valence-electron chi connectivity index (χ3n) is 6.25. The highest BCUT2D eigenvalue weighted by Crippen LogP contribution is 2.51. The Morgan fingerprint density at radius 1 is 1.16 bits per heavy atom. The number of aliphatic hydroxyl groups is 2. The van der Waals surface area contributed by atoms with Crippen LogP contribution in [0.1, 0.15) is 27.6 Å². The Hall–Kier alpha value is -3.63. The molecule has 0 radical (unpaired) electrons. The van der Waals surface area contributed by atoms with E-state index in [0.29, 0.717) is 10.9 Å². The highest BCUT2D eigenvalue weighted by atomic mass is 16.6. The van der Waals surface area contributed by atoms with Crippen LogP contribution < -0.4 is 5.73 Å². The second-order valence-electron chi connectivity index (χ2n) is 8.21. The fraction of sp³-hybridized carbons (Fsp3) is 0.318. The smallest absolute Gasteiger partial charge is 0.343 e. The number of ether oxygens (including phenoxy) is 1. The van der Waals surface area contributed by atoms with E-state index >= 15 is 0 Å². The van der Waals surface area contributed by atoms with E-state index in [0.717, 1.165) is 0 Å². The van der Waals surface area contributed by atoms with E-state index in [1.165, 1.54) is 25.1 Å². The fourth-order valence-electron chi connectivity index (χ4n) is 4.86. The van der Waals surface area contributed by atoms with E-state index in [9.17, 15) is 34.8 Å². The van der Waals surface area contributed by atoms with Crippen LogP contribution in [0.4, 0.5) is 0 Å². The maximum absolute atomic E-state index is 13.0. The van der Waals surface area contributed by atoms with Crippen molar-refractivity contribution in [1.29, 1.82) is 0 Å². The van der Waals surface area contributed by atoms with Gasteiger partial charge in [0.2, 0.25) is 0 Å². The first-order valence-corrected chi connectivity index (χ1v) is 9.78. The molecule has 0 bridgehead atoms. The summed E-state index contributed by atoms with van der Waals surface area (Å²) in [4.78, 5) is 39.0. The Morgan fingerprint density at radius 3 is 2.41 bits per heavy atom. The number of nitrogens with two attached hydrogens (primary N) is 1. The van der Waals surface area contributed by atoms with Crippen LogP contribution in [0.2, 0.25) is 0 Å². The van der Waals surface area contributed by atoms with Gasteiger partial charge in [0, 0.05) is 5.56 Å². The number of hydrogen-bond acceptors (Lipinski definition) is 9. The van der Waals surface area contributed by atoms with Crippen molar-refractivity contribution in [2.45, 2.75) is 25.2 Å². The van der Waals surface area contributed by atoms with Gasteiger partial charge in [-0.05, 0) is 38.0 Å². The number of phenols is 2. The maximum atomic E-state index is 13.0. The Morgan fingerprint density at radius 2 is 1.81 bits per heavy atom. The van der Waals surface area contributed by atoms with Crippen molar-refractivity contribution >= 4 is 28.4 Å². The first-order valence-electron chi connectivity index (χ1n) is 9.78. The molecule has 1 amide bonds. The predicted molar refractivity (Wildman–Crippen MR) is 111 cm³/mol. The largest absolute Gasteiger partial charge is 0.509 e. The Bertz CT molecular complexity index is 1230. The molecule has 4 atom stereocenters. The molecule has 2 unspecified atom stereocenters. The highest BCUT2D eigenvalue weighted by Gasteiger charge is 2.54. The topological polar surface area (TPSA) is 171 Å². The lowest BCUT2D eigenvalue weighted by atomic mass is 9.74. The van der Waals surface area contributed by atoms with Gasteiger partial charge in [-0.15, -0.1) is 0 Å². The maximum Gasteiger partial charge on any atom is 0.343 e. The summed E-state index contributed by atoms with van der Waals surface area (Å²) >= 11 is 0. The molecule has 1 aliphatic carbocycles. The number of cyclic esters (lactones) is 1. The molecule has 0 fully saturated rings.